The zero-order valence-electron chi connectivity index (χ0n) is 13.7. The minimum Gasteiger partial charge on any atom is -0.351 e. The number of nitrogens with zero attached hydrogens (tertiary/aromatic N) is 2. The van der Waals surface area contributed by atoms with Crippen molar-refractivity contribution in [2.45, 2.75) is 33.0 Å². The smallest absolute Gasteiger partial charge is 0.351 e. The fourth-order valence-corrected chi connectivity index (χ4v) is 2.38. The molecule has 0 bridgehead atoms. The molecule has 130 valence electrons. The topological polar surface area (TPSA) is 46.3 Å². The highest BCUT2D eigenvalue weighted by Crippen LogP contribution is 2.32. The predicted octanol–water partition coefficient (Wildman–Crippen LogP) is 4.16. The van der Waals surface area contributed by atoms with Gasteiger partial charge in [0, 0.05) is 19.7 Å². The molecule has 24 heavy (non-hydrogen) atoms. The summed E-state index contributed by atoms with van der Waals surface area (Å²) in [5, 5.41) is 3.82. The van der Waals surface area contributed by atoms with Crippen LogP contribution in [0.25, 0.3) is 0 Å². The molecule has 0 atom stereocenters. The molecule has 1 heterocycles. The van der Waals surface area contributed by atoms with Crippen molar-refractivity contribution < 1.29 is 22.5 Å². The number of carbonyl (C=O) groups is 1. The van der Waals surface area contributed by atoms with Crippen LogP contribution in [0.3, 0.4) is 0 Å². The van der Waals surface area contributed by atoms with E-state index in [-0.39, 0.29) is 17.9 Å². The number of carbonyl (C=O) groups excluding carboxylic acids is 1. The summed E-state index contributed by atoms with van der Waals surface area (Å²) in [4.78, 5) is 13.5. The maximum atomic E-state index is 13.0. The summed E-state index contributed by atoms with van der Waals surface area (Å²) < 4.78 is 44.1. The summed E-state index contributed by atoms with van der Waals surface area (Å²) >= 11 is 0. The number of hydrogen-bond donors (Lipinski definition) is 0. The van der Waals surface area contributed by atoms with Gasteiger partial charge in [0.25, 0.3) is 5.91 Å². The summed E-state index contributed by atoms with van der Waals surface area (Å²) in [7, 11) is 1.43. The Hall–Kier alpha value is -2.31. The SMILES string of the molecule is CC(C)Cc1cc(C(=O)N(C)Cc2ccccc2C(F)(F)F)on1. The normalized spacial score (nSPS) is 11.8. The summed E-state index contributed by atoms with van der Waals surface area (Å²) in [6.45, 7) is 3.85. The van der Waals surface area contributed by atoms with Crippen LogP contribution in [0.15, 0.2) is 34.9 Å². The van der Waals surface area contributed by atoms with Crippen LogP contribution in [0.5, 0.6) is 0 Å². The largest absolute Gasteiger partial charge is 0.416 e. The average molecular weight is 340 g/mol. The van der Waals surface area contributed by atoms with Gasteiger partial charge in [0.15, 0.2) is 0 Å². The van der Waals surface area contributed by atoms with E-state index in [1.54, 1.807) is 0 Å². The lowest BCUT2D eigenvalue weighted by Gasteiger charge is -2.19. The summed E-state index contributed by atoms with van der Waals surface area (Å²) in [6.07, 6.45) is -3.80. The maximum Gasteiger partial charge on any atom is 0.416 e. The molecule has 0 aliphatic heterocycles. The number of hydrogen-bond acceptors (Lipinski definition) is 3. The van der Waals surface area contributed by atoms with E-state index in [0.29, 0.717) is 18.0 Å². The van der Waals surface area contributed by atoms with E-state index in [2.05, 4.69) is 5.16 Å². The number of amides is 1. The third-order valence-corrected chi connectivity index (χ3v) is 3.46. The number of benzene rings is 1. The first-order chi connectivity index (χ1) is 11.2. The molecule has 2 aromatic rings. The van der Waals surface area contributed by atoms with E-state index in [9.17, 15) is 18.0 Å². The Kier molecular flexibility index (Phi) is 5.31. The zero-order valence-corrected chi connectivity index (χ0v) is 13.7. The molecule has 0 N–H and O–H groups in total. The quantitative estimate of drug-likeness (QED) is 0.821. The van der Waals surface area contributed by atoms with Gasteiger partial charge in [0.1, 0.15) is 0 Å². The molecule has 2 rings (SSSR count). The van der Waals surface area contributed by atoms with Gasteiger partial charge in [-0.15, -0.1) is 0 Å². The Labute approximate surface area is 138 Å². The summed E-state index contributed by atoms with van der Waals surface area (Å²) in [6, 6.07) is 6.73. The van der Waals surface area contributed by atoms with E-state index in [1.807, 2.05) is 13.8 Å². The van der Waals surface area contributed by atoms with Gasteiger partial charge in [-0.1, -0.05) is 37.2 Å². The van der Waals surface area contributed by atoms with E-state index < -0.39 is 17.6 Å². The molecule has 0 radical (unpaired) electrons. The average Bonchev–Trinajstić information content (AvgIpc) is 2.93. The van der Waals surface area contributed by atoms with Gasteiger partial charge in [-0.05, 0) is 24.0 Å². The van der Waals surface area contributed by atoms with Crippen LogP contribution in [0.1, 0.15) is 41.2 Å². The van der Waals surface area contributed by atoms with Gasteiger partial charge >= 0.3 is 6.18 Å². The lowest BCUT2D eigenvalue weighted by molar-refractivity contribution is -0.138. The van der Waals surface area contributed by atoms with Crippen molar-refractivity contribution in [1.82, 2.24) is 10.1 Å². The molecule has 1 aromatic carbocycles. The minimum atomic E-state index is -4.46. The number of halogens is 3. The second-order valence-corrected chi connectivity index (χ2v) is 6.10. The Bertz CT molecular complexity index is 708. The Morgan fingerprint density at radius 1 is 1.29 bits per heavy atom. The first-order valence-electron chi connectivity index (χ1n) is 7.54. The summed E-state index contributed by atoms with van der Waals surface area (Å²) in [5.41, 5.74) is -0.0667. The van der Waals surface area contributed by atoms with E-state index >= 15 is 0 Å². The molecule has 0 aliphatic carbocycles. The molecule has 0 unspecified atom stereocenters. The summed E-state index contributed by atoms with van der Waals surface area (Å²) in [5.74, 6) is -0.124. The molecule has 0 spiro atoms. The first-order valence-corrected chi connectivity index (χ1v) is 7.54. The van der Waals surface area contributed by atoms with Crippen LogP contribution in [0.4, 0.5) is 13.2 Å². The van der Waals surface area contributed by atoms with Crippen LogP contribution < -0.4 is 0 Å². The van der Waals surface area contributed by atoms with Gasteiger partial charge in [-0.25, -0.2) is 0 Å². The predicted molar refractivity (Wildman–Crippen MR) is 82.3 cm³/mol. The molecule has 0 saturated heterocycles. The van der Waals surface area contributed by atoms with Crippen LogP contribution in [-0.4, -0.2) is 23.0 Å². The highest BCUT2D eigenvalue weighted by Gasteiger charge is 2.33. The molecule has 0 saturated carbocycles. The molecule has 1 amide bonds. The van der Waals surface area contributed by atoms with E-state index in [0.717, 1.165) is 6.07 Å². The van der Waals surface area contributed by atoms with Crippen molar-refractivity contribution in [1.29, 1.82) is 0 Å². The fourth-order valence-electron chi connectivity index (χ4n) is 2.38. The van der Waals surface area contributed by atoms with Crippen LogP contribution in [0, 0.1) is 5.92 Å². The first kappa shape index (κ1) is 18.0. The third kappa shape index (κ3) is 4.37. The van der Waals surface area contributed by atoms with Crippen molar-refractivity contribution in [3.63, 3.8) is 0 Å². The molecule has 0 fully saturated rings. The van der Waals surface area contributed by atoms with Gasteiger partial charge in [-0.3, -0.25) is 4.79 Å². The van der Waals surface area contributed by atoms with Crippen LogP contribution >= 0.6 is 0 Å². The van der Waals surface area contributed by atoms with Crippen molar-refractivity contribution in [3.05, 3.63) is 52.9 Å². The molecular weight excluding hydrogens is 321 g/mol. The molecule has 4 nitrogen and oxygen atoms in total. The van der Waals surface area contributed by atoms with Gasteiger partial charge in [0.05, 0.1) is 11.3 Å². The molecule has 7 heteroatoms. The standard InChI is InChI=1S/C17H19F3N2O2/c1-11(2)8-13-9-15(24-21-13)16(23)22(3)10-12-6-4-5-7-14(12)17(18,19)20/h4-7,9,11H,8,10H2,1-3H3. The Morgan fingerprint density at radius 2 is 1.96 bits per heavy atom. The van der Waals surface area contributed by atoms with Crippen LogP contribution in [-0.2, 0) is 19.1 Å². The van der Waals surface area contributed by atoms with E-state index in [1.165, 1.54) is 36.2 Å². The monoisotopic (exact) mass is 340 g/mol. The second kappa shape index (κ2) is 7.07. The fraction of sp³-hybridized carbons (Fsp3) is 0.412. The van der Waals surface area contributed by atoms with Crippen molar-refractivity contribution in [2.75, 3.05) is 7.05 Å². The molecular formula is C17H19F3N2O2. The van der Waals surface area contributed by atoms with Gasteiger partial charge < -0.3 is 9.42 Å². The van der Waals surface area contributed by atoms with Crippen LogP contribution in [0.2, 0.25) is 0 Å². The Morgan fingerprint density at radius 3 is 2.58 bits per heavy atom. The third-order valence-electron chi connectivity index (χ3n) is 3.46. The lowest BCUT2D eigenvalue weighted by atomic mass is 10.1. The van der Waals surface area contributed by atoms with Crippen molar-refractivity contribution in [2.24, 2.45) is 5.92 Å². The number of aromatic nitrogens is 1. The number of alkyl halides is 3. The molecule has 0 aliphatic rings. The number of rotatable bonds is 5. The van der Waals surface area contributed by atoms with E-state index in [4.69, 9.17) is 4.52 Å². The van der Waals surface area contributed by atoms with Gasteiger partial charge in [-0.2, -0.15) is 13.2 Å². The Balaban J connectivity index is 2.14. The zero-order chi connectivity index (χ0) is 17.9. The highest BCUT2D eigenvalue weighted by atomic mass is 19.4. The van der Waals surface area contributed by atoms with Crippen molar-refractivity contribution >= 4 is 5.91 Å². The minimum absolute atomic E-state index is 0.0256. The lowest BCUT2D eigenvalue weighted by Crippen LogP contribution is -2.27. The molecule has 1 aromatic heterocycles. The van der Waals surface area contributed by atoms with Gasteiger partial charge in [0.2, 0.25) is 5.76 Å². The second-order valence-electron chi connectivity index (χ2n) is 6.10. The maximum absolute atomic E-state index is 13.0. The highest BCUT2D eigenvalue weighted by molar-refractivity contribution is 5.91. The van der Waals surface area contributed by atoms with Crippen molar-refractivity contribution in [3.8, 4) is 0 Å².